The third-order valence-corrected chi connectivity index (χ3v) is 3.09. The van der Waals surface area contributed by atoms with Gasteiger partial charge in [0.05, 0.1) is 5.56 Å². The number of aryl methyl sites for hydroxylation is 1. The Balaban J connectivity index is 2.79. The number of urea groups is 1. The summed E-state index contributed by atoms with van der Waals surface area (Å²) in [5, 5.41) is 14.4. The van der Waals surface area contributed by atoms with Crippen LogP contribution < -0.4 is 10.6 Å². The van der Waals surface area contributed by atoms with Crippen molar-refractivity contribution in [1.29, 1.82) is 0 Å². The Labute approximate surface area is 113 Å². The van der Waals surface area contributed by atoms with E-state index in [1.165, 1.54) is 12.1 Å². The molecule has 1 aromatic carbocycles. The molecule has 1 unspecified atom stereocenters. The van der Waals surface area contributed by atoms with Crippen LogP contribution in [0.5, 0.6) is 0 Å². The molecule has 1 aromatic rings. The summed E-state index contributed by atoms with van der Waals surface area (Å²) in [6, 6.07) is 4.36. The molecule has 5 heteroatoms. The first-order chi connectivity index (χ1) is 8.81. The Kier molecular flexibility index (Phi) is 4.92. The van der Waals surface area contributed by atoms with E-state index >= 15 is 0 Å². The van der Waals surface area contributed by atoms with Gasteiger partial charge in [-0.15, -0.1) is 0 Å². The SMILES string of the molecule is Cc1ccc(C(=O)O)cc1NC(=O)NC(C)C(C)C. The van der Waals surface area contributed by atoms with Gasteiger partial charge >= 0.3 is 12.0 Å². The Bertz CT molecular complexity index is 484. The minimum atomic E-state index is -1.01. The summed E-state index contributed by atoms with van der Waals surface area (Å²) in [5.41, 5.74) is 1.48. The molecule has 0 bridgehead atoms. The van der Waals surface area contributed by atoms with Gasteiger partial charge in [0.2, 0.25) is 0 Å². The number of carbonyl (C=O) groups excluding carboxylic acids is 1. The maximum Gasteiger partial charge on any atom is 0.335 e. The molecular weight excluding hydrogens is 244 g/mol. The number of aromatic carboxylic acids is 1. The maximum absolute atomic E-state index is 11.8. The number of carboxylic acids is 1. The Morgan fingerprint density at radius 3 is 2.37 bits per heavy atom. The van der Waals surface area contributed by atoms with Gasteiger partial charge in [0.25, 0.3) is 0 Å². The second-order valence-corrected chi connectivity index (χ2v) is 4.97. The summed E-state index contributed by atoms with van der Waals surface area (Å²) in [4.78, 5) is 22.7. The summed E-state index contributed by atoms with van der Waals surface area (Å²) < 4.78 is 0. The molecule has 104 valence electrons. The van der Waals surface area contributed by atoms with Crippen LogP contribution >= 0.6 is 0 Å². The lowest BCUT2D eigenvalue weighted by Gasteiger charge is -2.18. The third-order valence-electron chi connectivity index (χ3n) is 3.09. The lowest BCUT2D eigenvalue weighted by atomic mass is 10.1. The minimum absolute atomic E-state index is 0.0444. The molecule has 0 aliphatic carbocycles. The monoisotopic (exact) mass is 264 g/mol. The van der Waals surface area contributed by atoms with Crippen molar-refractivity contribution in [2.24, 2.45) is 5.92 Å². The lowest BCUT2D eigenvalue weighted by Crippen LogP contribution is -2.39. The molecule has 3 N–H and O–H groups in total. The van der Waals surface area contributed by atoms with Crippen LogP contribution in [0.1, 0.15) is 36.7 Å². The molecule has 0 fully saturated rings. The van der Waals surface area contributed by atoms with Gasteiger partial charge in [0, 0.05) is 11.7 Å². The molecule has 0 spiro atoms. The van der Waals surface area contributed by atoms with E-state index in [-0.39, 0.29) is 17.6 Å². The average Bonchev–Trinajstić information content (AvgIpc) is 2.31. The van der Waals surface area contributed by atoms with Crippen LogP contribution in [0.2, 0.25) is 0 Å². The van der Waals surface area contributed by atoms with Gasteiger partial charge in [0.1, 0.15) is 0 Å². The number of rotatable bonds is 4. The van der Waals surface area contributed by atoms with Crippen LogP contribution in [0.15, 0.2) is 18.2 Å². The largest absolute Gasteiger partial charge is 0.478 e. The average molecular weight is 264 g/mol. The zero-order chi connectivity index (χ0) is 14.6. The number of nitrogens with one attached hydrogen (secondary N) is 2. The fraction of sp³-hybridized carbons (Fsp3) is 0.429. The van der Waals surface area contributed by atoms with Gasteiger partial charge < -0.3 is 15.7 Å². The second kappa shape index (κ2) is 6.22. The molecular formula is C14H20N2O3. The second-order valence-electron chi connectivity index (χ2n) is 4.97. The first kappa shape index (κ1) is 15.0. The number of anilines is 1. The van der Waals surface area contributed by atoms with Gasteiger partial charge in [-0.25, -0.2) is 9.59 Å². The predicted molar refractivity (Wildman–Crippen MR) is 74.6 cm³/mol. The van der Waals surface area contributed by atoms with Crippen molar-refractivity contribution in [1.82, 2.24) is 5.32 Å². The van der Waals surface area contributed by atoms with Crippen molar-refractivity contribution in [3.05, 3.63) is 29.3 Å². The number of hydrogen-bond acceptors (Lipinski definition) is 2. The van der Waals surface area contributed by atoms with E-state index < -0.39 is 5.97 Å². The Morgan fingerprint density at radius 1 is 1.21 bits per heavy atom. The number of hydrogen-bond donors (Lipinski definition) is 3. The quantitative estimate of drug-likeness (QED) is 0.782. The van der Waals surface area contributed by atoms with Crippen LogP contribution in [0.3, 0.4) is 0 Å². The smallest absolute Gasteiger partial charge is 0.335 e. The highest BCUT2D eigenvalue weighted by atomic mass is 16.4. The van der Waals surface area contributed by atoms with E-state index in [9.17, 15) is 9.59 Å². The molecule has 0 heterocycles. The molecule has 1 rings (SSSR count). The summed E-state index contributed by atoms with van der Waals surface area (Å²) >= 11 is 0. The van der Waals surface area contributed by atoms with Gasteiger partial charge in [-0.1, -0.05) is 19.9 Å². The van der Waals surface area contributed by atoms with Crippen LogP contribution in [-0.2, 0) is 0 Å². The van der Waals surface area contributed by atoms with Gasteiger partial charge in [-0.3, -0.25) is 0 Å². The Morgan fingerprint density at radius 2 is 1.84 bits per heavy atom. The topological polar surface area (TPSA) is 78.4 Å². The van der Waals surface area contributed by atoms with Gasteiger partial charge in [-0.05, 0) is 37.5 Å². The lowest BCUT2D eigenvalue weighted by molar-refractivity contribution is 0.0697. The summed E-state index contributed by atoms with van der Waals surface area (Å²) in [5.74, 6) is -0.684. The fourth-order valence-corrected chi connectivity index (χ4v) is 1.42. The molecule has 0 aromatic heterocycles. The highest BCUT2D eigenvalue weighted by Crippen LogP contribution is 2.17. The van der Waals surface area contributed by atoms with Gasteiger partial charge in [-0.2, -0.15) is 0 Å². The highest BCUT2D eigenvalue weighted by molar-refractivity contribution is 5.94. The molecule has 0 aliphatic rings. The van der Waals surface area contributed by atoms with E-state index in [1.807, 2.05) is 27.7 Å². The molecule has 0 aliphatic heterocycles. The summed E-state index contributed by atoms with van der Waals surface area (Å²) in [7, 11) is 0. The Hall–Kier alpha value is -2.04. The standard InChI is InChI=1S/C14H20N2O3/c1-8(2)10(4)15-14(19)16-12-7-11(13(17)18)6-5-9(12)3/h5-8,10H,1-4H3,(H,17,18)(H2,15,16,19). The van der Waals surface area contributed by atoms with Crippen molar-refractivity contribution in [2.75, 3.05) is 5.32 Å². The number of benzene rings is 1. The van der Waals surface area contributed by atoms with E-state index in [0.29, 0.717) is 11.6 Å². The number of carbonyl (C=O) groups is 2. The van der Waals surface area contributed by atoms with Crippen molar-refractivity contribution >= 4 is 17.7 Å². The summed E-state index contributed by atoms with van der Waals surface area (Å²) in [6.07, 6.45) is 0. The van der Waals surface area contributed by atoms with Crippen molar-refractivity contribution in [3.8, 4) is 0 Å². The molecule has 5 nitrogen and oxygen atoms in total. The van der Waals surface area contributed by atoms with E-state index in [4.69, 9.17) is 5.11 Å². The third kappa shape index (κ3) is 4.28. The molecule has 2 amide bonds. The van der Waals surface area contributed by atoms with Gasteiger partial charge in [0.15, 0.2) is 0 Å². The van der Waals surface area contributed by atoms with Crippen molar-refractivity contribution < 1.29 is 14.7 Å². The normalized spacial score (nSPS) is 12.1. The molecule has 19 heavy (non-hydrogen) atoms. The van der Waals surface area contributed by atoms with Crippen molar-refractivity contribution in [2.45, 2.75) is 33.7 Å². The van der Waals surface area contributed by atoms with Crippen LogP contribution in [0, 0.1) is 12.8 Å². The first-order valence-corrected chi connectivity index (χ1v) is 6.22. The van der Waals surface area contributed by atoms with E-state index in [0.717, 1.165) is 5.56 Å². The molecule has 0 saturated carbocycles. The highest BCUT2D eigenvalue weighted by Gasteiger charge is 2.12. The molecule has 0 radical (unpaired) electrons. The zero-order valence-electron chi connectivity index (χ0n) is 11.7. The molecule has 0 saturated heterocycles. The maximum atomic E-state index is 11.8. The fourth-order valence-electron chi connectivity index (χ4n) is 1.42. The van der Waals surface area contributed by atoms with E-state index in [1.54, 1.807) is 6.07 Å². The molecule has 1 atom stereocenters. The predicted octanol–water partition coefficient (Wildman–Crippen LogP) is 2.86. The van der Waals surface area contributed by atoms with Crippen LogP contribution in [0.4, 0.5) is 10.5 Å². The van der Waals surface area contributed by atoms with Crippen LogP contribution in [-0.4, -0.2) is 23.1 Å². The van der Waals surface area contributed by atoms with Crippen molar-refractivity contribution in [3.63, 3.8) is 0 Å². The number of amides is 2. The minimum Gasteiger partial charge on any atom is -0.478 e. The number of carboxylic acid groups (broad SMARTS) is 1. The zero-order valence-corrected chi connectivity index (χ0v) is 11.7. The van der Waals surface area contributed by atoms with E-state index in [2.05, 4.69) is 10.6 Å². The summed E-state index contributed by atoms with van der Waals surface area (Å²) in [6.45, 7) is 7.76. The van der Waals surface area contributed by atoms with Crippen LogP contribution in [0.25, 0.3) is 0 Å². The first-order valence-electron chi connectivity index (χ1n) is 6.22.